The van der Waals surface area contributed by atoms with Gasteiger partial charge in [-0.1, -0.05) is 51.4 Å². The first-order valence-corrected chi connectivity index (χ1v) is 8.05. The van der Waals surface area contributed by atoms with E-state index in [2.05, 4.69) is 48.9 Å². The number of hydrogen-bond donors (Lipinski definition) is 1. The molecule has 1 N–H and O–H groups in total. The highest BCUT2D eigenvalue weighted by Gasteiger charge is 2.30. The molecule has 0 unspecified atom stereocenters. The predicted octanol–water partition coefficient (Wildman–Crippen LogP) is 3.72. The van der Waals surface area contributed by atoms with Gasteiger partial charge in [-0.3, -0.25) is 0 Å². The van der Waals surface area contributed by atoms with E-state index in [4.69, 9.17) is 0 Å². The van der Waals surface area contributed by atoms with Crippen LogP contribution in [-0.4, -0.2) is 20.2 Å². The Kier molecular flexibility index (Phi) is 3.57. The number of tetrazole rings is 1. The van der Waals surface area contributed by atoms with Crippen molar-refractivity contribution < 1.29 is 4.39 Å². The molecule has 0 radical (unpaired) electrons. The third kappa shape index (κ3) is 2.72. The Hall–Kier alpha value is -2.28. The van der Waals surface area contributed by atoms with E-state index in [0.717, 1.165) is 22.0 Å². The topological polar surface area (TPSA) is 55.6 Å². The van der Waals surface area contributed by atoms with Crippen LogP contribution >= 0.6 is 15.9 Å². The summed E-state index contributed by atoms with van der Waals surface area (Å²) < 4.78 is 16.2. The van der Waals surface area contributed by atoms with E-state index < -0.39 is 0 Å². The summed E-state index contributed by atoms with van der Waals surface area (Å²) in [5.74, 6) is 0.327. The number of aromatic nitrogens is 4. The zero-order valence-electron chi connectivity index (χ0n) is 12.0. The van der Waals surface area contributed by atoms with Gasteiger partial charge in [0.05, 0.1) is 12.1 Å². The smallest absolute Gasteiger partial charge is 0.243 e. The fourth-order valence-corrected chi connectivity index (χ4v) is 3.47. The van der Waals surface area contributed by atoms with Gasteiger partial charge in [0.25, 0.3) is 0 Å². The highest BCUT2D eigenvalue weighted by atomic mass is 79.9. The average molecular weight is 374 g/mol. The molecule has 0 saturated heterocycles. The summed E-state index contributed by atoms with van der Waals surface area (Å²) in [4.78, 5) is 0. The van der Waals surface area contributed by atoms with Gasteiger partial charge in [-0.15, -0.1) is 0 Å². The van der Waals surface area contributed by atoms with Crippen LogP contribution in [-0.2, 0) is 0 Å². The highest BCUT2D eigenvalue weighted by molar-refractivity contribution is 9.10. The van der Waals surface area contributed by atoms with E-state index in [9.17, 15) is 4.39 Å². The molecule has 0 bridgehead atoms. The van der Waals surface area contributed by atoms with Crippen molar-refractivity contribution in [2.45, 2.75) is 18.5 Å². The van der Waals surface area contributed by atoms with Crippen molar-refractivity contribution in [2.75, 3.05) is 5.32 Å². The van der Waals surface area contributed by atoms with Gasteiger partial charge in [-0.05, 0) is 46.2 Å². The second-order valence-electron chi connectivity index (χ2n) is 5.51. The summed E-state index contributed by atoms with van der Waals surface area (Å²) in [6.45, 7) is 0. The summed E-state index contributed by atoms with van der Waals surface area (Å²) in [5, 5.41) is 15.2. The minimum absolute atomic E-state index is 0.00879. The number of hydrogen-bond acceptors (Lipinski definition) is 4. The first-order chi connectivity index (χ1) is 11.2. The SMILES string of the molecule is Fc1cc(Br)cc([C@H]2C[C@@H](c3ccccc3)n3nnnc3N2)c1. The molecular formula is C16H13BrFN5. The molecule has 3 aromatic rings. The van der Waals surface area contributed by atoms with Crippen molar-refractivity contribution in [1.82, 2.24) is 20.2 Å². The van der Waals surface area contributed by atoms with Gasteiger partial charge < -0.3 is 5.32 Å². The third-order valence-electron chi connectivity index (χ3n) is 4.02. The van der Waals surface area contributed by atoms with Gasteiger partial charge in [0.1, 0.15) is 5.82 Å². The molecule has 23 heavy (non-hydrogen) atoms. The number of halogens is 2. The quantitative estimate of drug-likeness (QED) is 0.743. The van der Waals surface area contributed by atoms with Crippen LogP contribution in [0.5, 0.6) is 0 Å². The van der Waals surface area contributed by atoms with Crippen LogP contribution in [0.25, 0.3) is 0 Å². The highest BCUT2D eigenvalue weighted by Crippen LogP contribution is 2.37. The Balaban J connectivity index is 1.75. The molecule has 2 atom stereocenters. The Morgan fingerprint density at radius 2 is 1.96 bits per heavy atom. The molecule has 0 fully saturated rings. The van der Waals surface area contributed by atoms with Crippen LogP contribution in [0.2, 0.25) is 0 Å². The molecule has 2 heterocycles. The maximum absolute atomic E-state index is 13.7. The van der Waals surface area contributed by atoms with Gasteiger partial charge in [0, 0.05) is 4.47 Å². The predicted molar refractivity (Wildman–Crippen MR) is 87.5 cm³/mol. The number of nitrogens with zero attached hydrogens (tertiary/aromatic N) is 4. The molecule has 0 spiro atoms. The van der Waals surface area contributed by atoms with Crippen molar-refractivity contribution in [2.24, 2.45) is 0 Å². The molecule has 7 heteroatoms. The maximum Gasteiger partial charge on any atom is 0.243 e. The van der Waals surface area contributed by atoms with E-state index in [1.165, 1.54) is 6.07 Å². The number of benzene rings is 2. The normalized spacial score (nSPS) is 19.9. The lowest BCUT2D eigenvalue weighted by Gasteiger charge is -2.31. The lowest BCUT2D eigenvalue weighted by atomic mass is 9.93. The maximum atomic E-state index is 13.7. The molecule has 4 rings (SSSR count). The minimum atomic E-state index is -0.266. The summed E-state index contributed by atoms with van der Waals surface area (Å²) in [7, 11) is 0. The molecule has 116 valence electrons. The van der Waals surface area contributed by atoms with Crippen molar-refractivity contribution in [3.8, 4) is 0 Å². The van der Waals surface area contributed by atoms with Crippen LogP contribution in [0.3, 0.4) is 0 Å². The van der Waals surface area contributed by atoms with E-state index in [1.807, 2.05) is 24.3 Å². The second-order valence-corrected chi connectivity index (χ2v) is 6.42. The average Bonchev–Trinajstić information content (AvgIpc) is 3.02. The molecule has 1 aliphatic heterocycles. The first kappa shape index (κ1) is 14.3. The lowest BCUT2D eigenvalue weighted by molar-refractivity contribution is 0.423. The van der Waals surface area contributed by atoms with Gasteiger partial charge in [0.15, 0.2) is 0 Å². The van der Waals surface area contributed by atoms with Crippen LogP contribution in [0.4, 0.5) is 10.3 Å². The third-order valence-corrected chi connectivity index (χ3v) is 4.48. The lowest BCUT2D eigenvalue weighted by Crippen LogP contribution is -2.28. The molecule has 2 aromatic carbocycles. The fraction of sp³-hybridized carbons (Fsp3) is 0.188. The fourth-order valence-electron chi connectivity index (χ4n) is 2.98. The van der Waals surface area contributed by atoms with Crippen molar-refractivity contribution in [3.05, 3.63) is 69.9 Å². The summed E-state index contributed by atoms with van der Waals surface area (Å²) in [5.41, 5.74) is 2.00. The van der Waals surface area contributed by atoms with Gasteiger partial charge in [-0.25, -0.2) is 9.07 Å². The number of nitrogens with one attached hydrogen (secondary N) is 1. The van der Waals surface area contributed by atoms with Gasteiger partial charge >= 0.3 is 0 Å². The van der Waals surface area contributed by atoms with Gasteiger partial charge in [-0.2, -0.15) is 0 Å². The Labute approximate surface area is 140 Å². The standard InChI is InChI=1S/C16H13BrFN5/c17-12-6-11(7-13(18)8-12)14-9-15(10-4-2-1-3-5-10)23-16(19-14)20-21-22-23/h1-8,14-15H,9H2,(H,19,20,22)/t14-,15+/m1/s1. The summed E-state index contributed by atoms with van der Waals surface area (Å²) >= 11 is 3.35. The minimum Gasteiger partial charge on any atom is -0.346 e. The van der Waals surface area contributed by atoms with E-state index in [1.54, 1.807) is 10.7 Å². The van der Waals surface area contributed by atoms with Crippen molar-refractivity contribution in [1.29, 1.82) is 0 Å². The van der Waals surface area contributed by atoms with Gasteiger partial charge in [0.2, 0.25) is 5.95 Å². The molecule has 1 aromatic heterocycles. The van der Waals surface area contributed by atoms with Crippen LogP contribution in [0, 0.1) is 5.82 Å². The van der Waals surface area contributed by atoms with Crippen LogP contribution < -0.4 is 5.32 Å². The summed E-state index contributed by atoms with van der Waals surface area (Å²) in [6.07, 6.45) is 0.734. The molecule has 1 aliphatic rings. The molecule has 0 amide bonds. The molecular weight excluding hydrogens is 361 g/mol. The second kappa shape index (κ2) is 5.73. The number of rotatable bonds is 2. The van der Waals surface area contributed by atoms with E-state index in [0.29, 0.717) is 5.95 Å². The first-order valence-electron chi connectivity index (χ1n) is 7.26. The molecule has 5 nitrogen and oxygen atoms in total. The van der Waals surface area contributed by atoms with Crippen LogP contribution in [0.15, 0.2) is 53.0 Å². The largest absolute Gasteiger partial charge is 0.346 e. The van der Waals surface area contributed by atoms with E-state index >= 15 is 0 Å². The Morgan fingerprint density at radius 1 is 1.13 bits per heavy atom. The Morgan fingerprint density at radius 3 is 2.74 bits per heavy atom. The van der Waals surface area contributed by atoms with Crippen molar-refractivity contribution in [3.63, 3.8) is 0 Å². The van der Waals surface area contributed by atoms with E-state index in [-0.39, 0.29) is 17.9 Å². The zero-order valence-corrected chi connectivity index (χ0v) is 13.6. The number of anilines is 1. The molecule has 0 aliphatic carbocycles. The monoisotopic (exact) mass is 373 g/mol. The number of fused-ring (bicyclic) bond motifs is 1. The van der Waals surface area contributed by atoms with Crippen LogP contribution in [0.1, 0.15) is 29.6 Å². The van der Waals surface area contributed by atoms with Crippen molar-refractivity contribution >= 4 is 21.9 Å². The molecule has 0 saturated carbocycles. The zero-order chi connectivity index (χ0) is 15.8. The summed E-state index contributed by atoms with van der Waals surface area (Å²) in [6, 6.07) is 14.9. The Bertz CT molecular complexity index is 815.